The molecular formula is C19H27NO7. The molecule has 0 aliphatic carbocycles. The van der Waals surface area contributed by atoms with Crippen LogP contribution in [0.3, 0.4) is 0 Å². The number of carbonyl (C=O) groups excluding carboxylic acids is 2. The van der Waals surface area contributed by atoms with Gasteiger partial charge in [-0.05, 0) is 33.9 Å². The molecule has 1 heterocycles. The van der Waals surface area contributed by atoms with Gasteiger partial charge in [-0.2, -0.15) is 0 Å². The highest BCUT2D eigenvalue weighted by Crippen LogP contribution is 2.46. The molecule has 8 heteroatoms. The first-order valence-corrected chi connectivity index (χ1v) is 8.84. The molecule has 0 saturated carbocycles. The quantitative estimate of drug-likeness (QED) is 0.593. The van der Waals surface area contributed by atoms with Gasteiger partial charge in [0.05, 0.1) is 20.8 Å². The third-order valence-corrected chi connectivity index (χ3v) is 4.70. The van der Waals surface area contributed by atoms with Crippen molar-refractivity contribution >= 4 is 11.9 Å². The smallest absolute Gasteiger partial charge is 0.507 e. The van der Waals surface area contributed by atoms with Crippen molar-refractivity contribution < 1.29 is 33.6 Å². The minimum absolute atomic E-state index is 0.0853. The average Bonchev–Trinajstić information content (AvgIpc) is 2.61. The Hall–Kier alpha value is -2.48. The number of piperidine rings is 1. The normalized spacial score (nSPS) is 20.0. The molecular weight excluding hydrogens is 354 g/mol. The molecule has 0 aromatic heterocycles. The highest BCUT2D eigenvalue weighted by molar-refractivity contribution is 6.00. The summed E-state index contributed by atoms with van der Waals surface area (Å²) in [7, 11) is 4.81. The lowest BCUT2D eigenvalue weighted by Gasteiger charge is -2.37. The molecule has 1 N–H and O–H groups in total. The molecule has 1 aromatic rings. The van der Waals surface area contributed by atoms with Gasteiger partial charge in [0.15, 0.2) is 5.78 Å². The molecule has 8 nitrogen and oxygen atoms in total. The number of likely N-dealkylation sites (tertiary alicyclic amines) is 1. The first kappa shape index (κ1) is 20.8. The number of Topliss-reactive ketones (excluding diaryl/α,β-unsaturated/α-hetero) is 1. The van der Waals surface area contributed by atoms with Crippen LogP contribution in [-0.4, -0.2) is 69.0 Å². The van der Waals surface area contributed by atoms with E-state index >= 15 is 0 Å². The summed E-state index contributed by atoms with van der Waals surface area (Å²) in [5, 5.41) is 10.9. The predicted molar refractivity (Wildman–Crippen MR) is 98.0 cm³/mol. The summed E-state index contributed by atoms with van der Waals surface area (Å²) in [4.78, 5) is 26.0. The molecule has 1 aliphatic heterocycles. The van der Waals surface area contributed by atoms with Crippen LogP contribution < -0.4 is 9.47 Å². The molecule has 0 spiro atoms. The second-order valence-corrected chi connectivity index (χ2v) is 6.47. The van der Waals surface area contributed by atoms with E-state index in [9.17, 15) is 14.7 Å². The number of benzene rings is 1. The maximum absolute atomic E-state index is 12.1. The fourth-order valence-corrected chi connectivity index (χ4v) is 3.46. The van der Waals surface area contributed by atoms with Gasteiger partial charge in [-0.25, -0.2) is 4.79 Å². The maximum Gasteiger partial charge on any atom is 0.508 e. The van der Waals surface area contributed by atoms with Crippen molar-refractivity contribution in [3.8, 4) is 17.2 Å². The standard InChI is InChI=1S/C19H27NO7/c1-6-26-19(23)27-15-10-20(3)8-7-12(15)17-14(25-5)9-13(24-4)16(11(2)21)18(17)22/h9,12,15,22H,6-8,10H2,1-5H3/t12-,15+/m0/s1. The zero-order chi connectivity index (χ0) is 20.1. The van der Waals surface area contributed by atoms with Crippen molar-refractivity contribution in [2.24, 2.45) is 0 Å². The van der Waals surface area contributed by atoms with Crippen LogP contribution in [0, 0.1) is 0 Å². The largest absolute Gasteiger partial charge is 0.508 e. The average molecular weight is 381 g/mol. The number of rotatable bonds is 6. The number of nitrogens with zero attached hydrogens (tertiary/aromatic N) is 1. The second kappa shape index (κ2) is 8.94. The van der Waals surface area contributed by atoms with E-state index in [1.54, 1.807) is 13.0 Å². The lowest BCUT2D eigenvalue weighted by molar-refractivity contribution is -0.00951. The Morgan fingerprint density at radius 1 is 1.26 bits per heavy atom. The van der Waals surface area contributed by atoms with Crippen LogP contribution in [0.1, 0.15) is 42.1 Å². The summed E-state index contributed by atoms with van der Waals surface area (Å²) in [5.41, 5.74) is 0.521. The molecule has 27 heavy (non-hydrogen) atoms. The number of hydrogen-bond acceptors (Lipinski definition) is 8. The van der Waals surface area contributed by atoms with E-state index in [4.69, 9.17) is 18.9 Å². The van der Waals surface area contributed by atoms with Crippen LogP contribution in [0.5, 0.6) is 17.2 Å². The molecule has 1 saturated heterocycles. The van der Waals surface area contributed by atoms with Crippen molar-refractivity contribution in [2.45, 2.75) is 32.3 Å². The summed E-state index contributed by atoms with van der Waals surface area (Å²) in [6.45, 7) is 4.46. The number of likely N-dealkylation sites (N-methyl/N-ethyl adjacent to an activating group) is 1. The SMILES string of the molecule is CCOC(=O)O[C@@H]1CN(C)CC[C@@H]1c1c(OC)cc(OC)c(C(C)=O)c1O. The van der Waals surface area contributed by atoms with Crippen molar-refractivity contribution in [3.63, 3.8) is 0 Å². The van der Waals surface area contributed by atoms with E-state index in [1.807, 2.05) is 11.9 Å². The Morgan fingerprint density at radius 3 is 2.48 bits per heavy atom. The zero-order valence-electron chi connectivity index (χ0n) is 16.4. The minimum atomic E-state index is -0.762. The summed E-state index contributed by atoms with van der Waals surface area (Å²) in [5.74, 6) is -0.280. The topological polar surface area (TPSA) is 94.5 Å². The van der Waals surface area contributed by atoms with Crippen molar-refractivity contribution in [3.05, 3.63) is 17.2 Å². The number of aromatic hydroxyl groups is 1. The van der Waals surface area contributed by atoms with Crippen molar-refractivity contribution in [2.75, 3.05) is 41.0 Å². The monoisotopic (exact) mass is 381 g/mol. The first-order valence-electron chi connectivity index (χ1n) is 8.84. The Balaban J connectivity index is 2.53. The number of methoxy groups -OCH3 is 2. The van der Waals surface area contributed by atoms with Crippen LogP contribution in [0.2, 0.25) is 0 Å². The fourth-order valence-electron chi connectivity index (χ4n) is 3.46. The van der Waals surface area contributed by atoms with Crippen LogP contribution in [0.4, 0.5) is 4.79 Å². The van der Waals surface area contributed by atoms with Gasteiger partial charge in [0.2, 0.25) is 0 Å². The lowest BCUT2D eigenvalue weighted by atomic mass is 9.84. The van der Waals surface area contributed by atoms with E-state index in [0.29, 0.717) is 24.3 Å². The van der Waals surface area contributed by atoms with E-state index in [1.165, 1.54) is 21.1 Å². The zero-order valence-corrected chi connectivity index (χ0v) is 16.4. The highest BCUT2D eigenvalue weighted by Gasteiger charge is 2.37. The molecule has 0 amide bonds. The van der Waals surface area contributed by atoms with Crippen LogP contribution >= 0.6 is 0 Å². The van der Waals surface area contributed by atoms with Gasteiger partial charge in [0.25, 0.3) is 0 Å². The number of ketones is 1. The van der Waals surface area contributed by atoms with Gasteiger partial charge in [-0.1, -0.05) is 0 Å². The fraction of sp³-hybridized carbons (Fsp3) is 0.579. The Kier molecular flexibility index (Phi) is 6.90. The number of hydrogen-bond donors (Lipinski definition) is 1. The van der Waals surface area contributed by atoms with Crippen LogP contribution in [0.25, 0.3) is 0 Å². The van der Waals surface area contributed by atoms with Crippen LogP contribution in [0.15, 0.2) is 6.07 Å². The molecule has 0 radical (unpaired) electrons. The molecule has 0 unspecified atom stereocenters. The Morgan fingerprint density at radius 2 is 1.93 bits per heavy atom. The number of phenols is 1. The van der Waals surface area contributed by atoms with E-state index < -0.39 is 12.3 Å². The molecule has 1 fully saturated rings. The number of ether oxygens (including phenoxy) is 4. The molecule has 2 rings (SSSR count). The molecule has 0 bridgehead atoms. The second-order valence-electron chi connectivity index (χ2n) is 6.47. The van der Waals surface area contributed by atoms with Gasteiger partial charge in [-0.3, -0.25) is 4.79 Å². The number of carbonyl (C=O) groups is 2. The van der Waals surface area contributed by atoms with Gasteiger partial charge in [0.1, 0.15) is 28.9 Å². The molecule has 2 atom stereocenters. The van der Waals surface area contributed by atoms with E-state index in [0.717, 1.165) is 6.54 Å². The molecule has 1 aliphatic rings. The van der Waals surface area contributed by atoms with Crippen LogP contribution in [-0.2, 0) is 9.47 Å². The molecule has 1 aromatic carbocycles. The molecule has 150 valence electrons. The first-order chi connectivity index (χ1) is 12.8. The van der Waals surface area contributed by atoms with Gasteiger partial charge >= 0.3 is 6.16 Å². The Labute approximate surface area is 159 Å². The third kappa shape index (κ3) is 4.44. The van der Waals surface area contributed by atoms with Crippen molar-refractivity contribution in [1.29, 1.82) is 0 Å². The predicted octanol–water partition coefficient (Wildman–Crippen LogP) is 2.57. The lowest BCUT2D eigenvalue weighted by Crippen LogP contribution is -2.43. The number of phenolic OH excluding ortho intramolecular Hbond substituents is 1. The highest BCUT2D eigenvalue weighted by atomic mass is 16.7. The summed E-state index contributed by atoms with van der Waals surface area (Å²) in [6, 6.07) is 1.57. The van der Waals surface area contributed by atoms with E-state index in [2.05, 4.69) is 0 Å². The summed E-state index contributed by atoms with van der Waals surface area (Å²) >= 11 is 0. The summed E-state index contributed by atoms with van der Waals surface area (Å²) < 4.78 is 21.1. The van der Waals surface area contributed by atoms with Crippen molar-refractivity contribution in [1.82, 2.24) is 4.90 Å². The Bertz CT molecular complexity index is 704. The summed E-state index contributed by atoms with van der Waals surface area (Å²) in [6.07, 6.45) is -0.717. The third-order valence-electron chi connectivity index (χ3n) is 4.70. The van der Waals surface area contributed by atoms with E-state index in [-0.39, 0.29) is 35.4 Å². The van der Waals surface area contributed by atoms with Gasteiger partial charge in [-0.15, -0.1) is 0 Å². The minimum Gasteiger partial charge on any atom is -0.507 e. The maximum atomic E-state index is 12.1. The van der Waals surface area contributed by atoms with Gasteiger partial charge < -0.3 is 29.0 Å². The van der Waals surface area contributed by atoms with Gasteiger partial charge in [0, 0.05) is 24.1 Å².